The van der Waals surface area contributed by atoms with Crippen molar-refractivity contribution in [2.24, 2.45) is 5.41 Å². The zero-order valence-electron chi connectivity index (χ0n) is 7.92. The van der Waals surface area contributed by atoms with Crippen molar-refractivity contribution in [3.8, 4) is 0 Å². The third-order valence-electron chi connectivity index (χ3n) is 1.58. The van der Waals surface area contributed by atoms with E-state index in [1.807, 2.05) is 25.5 Å². The van der Waals surface area contributed by atoms with E-state index in [1.165, 1.54) is 0 Å². The Kier molecular flexibility index (Phi) is 2.23. The number of carbonyl (C=O) groups is 1. The van der Waals surface area contributed by atoms with Crippen LogP contribution in [0.5, 0.6) is 0 Å². The molecule has 1 amide bonds. The predicted octanol–water partition coefficient (Wildman–Crippen LogP) is 0.766. The van der Waals surface area contributed by atoms with Crippen LogP contribution >= 0.6 is 0 Å². The molecule has 4 nitrogen and oxygen atoms in total. The fraction of sp³-hybridized carbons (Fsp3) is 0.625. The Morgan fingerprint density at radius 2 is 1.92 bits per heavy atom. The van der Waals surface area contributed by atoms with E-state index in [2.05, 4.69) is 0 Å². The Morgan fingerprint density at radius 3 is 2.23 bits per heavy atom. The molecule has 1 heterocycles. The van der Waals surface area contributed by atoms with E-state index in [0.29, 0.717) is 6.42 Å². The van der Waals surface area contributed by atoms with Crippen LogP contribution in [0.1, 0.15) is 27.2 Å². The number of amides is 1. The van der Waals surface area contributed by atoms with E-state index >= 15 is 0 Å². The van der Waals surface area contributed by atoms with Gasteiger partial charge in [-0.1, -0.05) is 20.8 Å². The molecule has 0 bridgehead atoms. The van der Waals surface area contributed by atoms with Gasteiger partial charge in [0.2, 0.25) is 0 Å². The van der Waals surface area contributed by atoms with Crippen molar-refractivity contribution in [3.63, 3.8) is 0 Å². The quantitative estimate of drug-likeness (QED) is 0.684. The van der Waals surface area contributed by atoms with Crippen LogP contribution in [0.25, 0.3) is 0 Å². The van der Waals surface area contributed by atoms with Gasteiger partial charge < -0.3 is 0 Å². The van der Waals surface area contributed by atoms with Crippen molar-refractivity contribution in [1.82, 2.24) is 4.72 Å². The summed E-state index contributed by atoms with van der Waals surface area (Å²) in [5.41, 5.74) is -0.134. The van der Waals surface area contributed by atoms with Gasteiger partial charge in [-0.05, 0) is 11.8 Å². The molecule has 0 aromatic rings. The lowest BCUT2D eigenvalue weighted by atomic mass is 9.92. The highest BCUT2D eigenvalue weighted by atomic mass is 32.2. The minimum absolute atomic E-state index is 0.134. The highest BCUT2D eigenvalue weighted by Gasteiger charge is 2.30. The maximum Gasteiger partial charge on any atom is 0.260 e. The van der Waals surface area contributed by atoms with Crippen molar-refractivity contribution in [2.45, 2.75) is 27.2 Å². The van der Waals surface area contributed by atoms with Crippen LogP contribution in [0.2, 0.25) is 0 Å². The number of sulfonamides is 1. The first kappa shape index (κ1) is 10.2. The summed E-state index contributed by atoms with van der Waals surface area (Å²) in [6.07, 6.45) is 1.54. The molecule has 0 radical (unpaired) electrons. The maximum absolute atomic E-state index is 11.2. The molecule has 74 valence electrons. The molecule has 0 aromatic carbocycles. The summed E-state index contributed by atoms with van der Waals surface area (Å²) in [5, 5.41) is 0. The first-order valence-electron chi connectivity index (χ1n) is 3.98. The van der Waals surface area contributed by atoms with Crippen LogP contribution in [0.3, 0.4) is 0 Å². The average Bonchev–Trinajstić information content (AvgIpc) is 2.00. The molecule has 1 aliphatic rings. The third-order valence-corrected chi connectivity index (χ3v) is 3.00. The zero-order valence-corrected chi connectivity index (χ0v) is 8.73. The summed E-state index contributed by atoms with van der Waals surface area (Å²) in [7, 11) is -3.51. The summed E-state index contributed by atoms with van der Waals surface area (Å²) >= 11 is 0. The fourth-order valence-corrected chi connectivity index (χ4v) is 2.46. The van der Waals surface area contributed by atoms with E-state index in [-0.39, 0.29) is 10.3 Å². The van der Waals surface area contributed by atoms with Crippen molar-refractivity contribution >= 4 is 15.9 Å². The second-order valence-electron chi connectivity index (χ2n) is 4.32. The van der Waals surface area contributed by atoms with Gasteiger partial charge in [0.05, 0.1) is 4.91 Å². The fourth-order valence-electron chi connectivity index (χ4n) is 1.12. The first-order valence-corrected chi connectivity index (χ1v) is 5.46. The van der Waals surface area contributed by atoms with Gasteiger partial charge in [0.25, 0.3) is 15.9 Å². The van der Waals surface area contributed by atoms with Gasteiger partial charge in [-0.15, -0.1) is 0 Å². The number of hydrogen-bond donors (Lipinski definition) is 1. The van der Waals surface area contributed by atoms with E-state index in [0.717, 1.165) is 6.08 Å². The van der Waals surface area contributed by atoms with Crippen LogP contribution in [0, 0.1) is 5.41 Å². The monoisotopic (exact) mass is 203 g/mol. The Labute approximate surface area is 78.1 Å². The molecular weight excluding hydrogens is 190 g/mol. The van der Waals surface area contributed by atoms with Gasteiger partial charge >= 0.3 is 0 Å². The first-order chi connectivity index (χ1) is 5.71. The smallest absolute Gasteiger partial charge is 0.260 e. The standard InChI is InChI=1S/C8H13NO3S/c1-8(2,3)5-6-4-7(10)9-13(6,11)12/h4H,5H2,1-3H3,(H,9,10). The second kappa shape index (κ2) is 2.83. The molecule has 1 rings (SSSR count). The molecule has 13 heavy (non-hydrogen) atoms. The number of rotatable bonds is 1. The van der Waals surface area contributed by atoms with E-state index < -0.39 is 15.9 Å². The van der Waals surface area contributed by atoms with Crippen molar-refractivity contribution in [1.29, 1.82) is 0 Å². The highest BCUT2D eigenvalue weighted by Crippen LogP contribution is 2.28. The molecule has 0 fully saturated rings. The van der Waals surface area contributed by atoms with Gasteiger partial charge in [0.1, 0.15) is 0 Å². The van der Waals surface area contributed by atoms with Crippen LogP contribution in [0.4, 0.5) is 0 Å². The van der Waals surface area contributed by atoms with Crippen LogP contribution in [0.15, 0.2) is 11.0 Å². The topological polar surface area (TPSA) is 63.2 Å². The van der Waals surface area contributed by atoms with Gasteiger partial charge in [-0.3, -0.25) is 4.79 Å². The molecule has 0 atom stereocenters. The van der Waals surface area contributed by atoms with Gasteiger partial charge in [0, 0.05) is 6.08 Å². The molecule has 0 saturated heterocycles. The maximum atomic E-state index is 11.2. The minimum Gasteiger partial charge on any atom is -0.269 e. The number of nitrogens with one attached hydrogen (secondary N) is 1. The lowest BCUT2D eigenvalue weighted by Gasteiger charge is -2.17. The molecule has 0 saturated carbocycles. The van der Waals surface area contributed by atoms with Crippen molar-refractivity contribution < 1.29 is 13.2 Å². The lowest BCUT2D eigenvalue weighted by Crippen LogP contribution is -2.23. The average molecular weight is 203 g/mol. The second-order valence-corrected chi connectivity index (χ2v) is 6.05. The Morgan fingerprint density at radius 1 is 1.38 bits per heavy atom. The minimum atomic E-state index is -3.51. The van der Waals surface area contributed by atoms with Crippen LogP contribution in [-0.2, 0) is 14.8 Å². The predicted molar refractivity (Wildman–Crippen MR) is 49.2 cm³/mol. The molecule has 0 aliphatic carbocycles. The zero-order chi connectivity index (χ0) is 10.3. The van der Waals surface area contributed by atoms with Crippen molar-refractivity contribution in [3.05, 3.63) is 11.0 Å². The van der Waals surface area contributed by atoms with Crippen LogP contribution < -0.4 is 4.72 Å². The molecule has 1 N–H and O–H groups in total. The van der Waals surface area contributed by atoms with Crippen LogP contribution in [-0.4, -0.2) is 14.3 Å². The number of carbonyl (C=O) groups excluding carboxylic acids is 1. The Balaban J connectivity index is 2.94. The van der Waals surface area contributed by atoms with E-state index in [1.54, 1.807) is 0 Å². The Bertz CT molecular complexity index is 359. The number of hydrogen-bond acceptors (Lipinski definition) is 3. The normalized spacial score (nSPS) is 21.2. The Hall–Kier alpha value is -0.840. The molecule has 0 unspecified atom stereocenters. The van der Waals surface area contributed by atoms with Gasteiger partial charge in [-0.2, -0.15) is 0 Å². The molecule has 1 aliphatic heterocycles. The SMILES string of the molecule is CC(C)(C)CC1=CC(=O)NS1(=O)=O. The lowest BCUT2D eigenvalue weighted by molar-refractivity contribution is -0.114. The summed E-state index contributed by atoms with van der Waals surface area (Å²) in [6, 6.07) is 0. The molecular formula is C8H13NO3S. The molecule has 5 heteroatoms. The molecule has 0 spiro atoms. The van der Waals surface area contributed by atoms with Gasteiger partial charge in [-0.25, -0.2) is 13.1 Å². The third kappa shape index (κ3) is 2.55. The summed E-state index contributed by atoms with van der Waals surface area (Å²) in [6.45, 7) is 5.77. The largest absolute Gasteiger partial charge is 0.269 e. The molecule has 0 aromatic heterocycles. The van der Waals surface area contributed by atoms with E-state index in [9.17, 15) is 13.2 Å². The van der Waals surface area contributed by atoms with E-state index in [4.69, 9.17) is 0 Å². The highest BCUT2D eigenvalue weighted by molar-refractivity contribution is 7.94. The summed E-state index contributed by atoms with van der Waals surface area (Å²) in [4.78, 5) is 11.0. The number of allylic oxidation sites excluding steroid dienone is 1. The summed E-state index contributed by atoms with van der Waals surface area (Å²) in [5.74, 6) is -0.542. The summed E-state index contributed by atoms with van der Waals surface area (Å²) < 4.78 is 24.4. The van der Waals surface area contributed by atoms with Gasteiger partial charge in [0.15, 0.2) is 0 Å². The van der Waals surface area contributed by atoms with Crippen molar-refractivity contribution in [2.75, 3.05) is 0 Å².